The van der Waals surface area contributed by atoms with Crippen LogP contribution in [0.3, 0.4) is 0 Å². The molecule has 1 aromatic rings. The first kappa shape index (κ1) is 11.4. The van der Waals surface area contributed by atoms with Gasteiger partial charge in [-0.2, -0.15) is 0 Å². The Hall–Kier alpha value is -1.38. The summed E-state index contributed by atoms with van der Waals surface area (Å²) >= 11 is 0. The Bertz CT molecular complexity index is 476. The average molecular weight is 259 g/mol. The fourth-order valence-electron chi connectivity index (χ4n) is 5.00. The van der Waals surface area contributed by atoms with Gasteiger partial charge in [-0.3, -0.25) is 0 Å². The molecule has 3 heteroatoms. The molecule has 0 aromatic heterocycles. The highest BCUT2D eigenvalue weighted by atomic mass is 16.5. The van der Waals surface area contributed by atoms with E-state index in [0.717, 1.165) is 23.5 Å². The number of nitrogens with two attached hydrogens (primary N) is 1. The normalized spacial score (nSPS) is 39.5. The fourth-order valence-corrected chi connectivity index (χ4v) is 5.00. The van der Waals surface area contributed by atoms with Crippen LogP contribution in [0.15, 0.2) is 18.2 Å². The molecule has 19 heavy (non-hydrogen) atoms. The lowest BCUT2D eigenvalue weighted by Gasteiger charge is -2.56. The van der Waals surface area contributed by atoms with Crippen LogP contribution < -0.4 is 10.5 Å². The third-order valence-corrected chi connectivity index (χ3v) is 5.32. The second-order valence-electron chi connectivity index (χ2n) is 6.92. The predicted molar refractivity (Wildman–Crippen MR) is 74.1 cm³/mol. The van der Waals surface area contributed by atoms with Gasteiger partial charge in [0.15, 0.2) is 0 Å². The number of nitrogen functional groups attached to an aromatic ring is 1. The summed E-state index contributed by atoms with van der Waals surface area (Å²) < 4.78 is 6.36. The van der Waals surface area contributed by atoms with Crippen molar-refractivity contribution >= 4 is 5.69 Å². The number of hydrogen-bond acceptors (Lipinski definition) is 3. The highest BCUT2D eigenvalue weighted by Crippen LogP contribution is 2.57. The monoisotopic (exact) mass is 259 g/mol. The van der Waals surface area contributed by atoms with Crippen LogP contribution in [0.2, 0.25) is 0 Å². The zero-order valence-corrected chi connectivity index (χ0v) is 11.1. The van der Waals surface area contributed by atoms with Gasteiger partial charge in [0.2, 0.25) is 0 Å². The lowest BCUT2D eigenvalue weighted by molar-refractivity contribution is -0.107. The van der Waals surface area contributed by atoms with Crippen LogP contribution in [0.25, 0.3) is 0 Å². The van der Waals surface area contributed by atoms with E-state index in [0.29, 0.717) is 5.69 Å². The van der Waals surface area contributed by atoms with E-state index in [4.69, 9.17) is 10.5 Å². The number of aromatic hydroxyl groups is 1. The molecule has 1 aromatic carbocycles. The van der Waals surface area contributed by atoms with Crippen LogP contribution in [-0.4, -0.2) is 10.7 Å². The van der Waals surface area contributed by atoms with Crippen LogP contribution in [-0.2, 0) is 0 Å². The number of phenolic OH excluding ortho intramolecular Hbond substituents is 1. The van der Waals surface area contributed by atoms with Gasteiger partial charge >= 0.3 is 0 Å². The van der Waals surface area contributed by atoms with Crippen molar-refractivity contribution in [1.29, 1.82) is 0 Å². The first-order chi connectivity index (χ1) is 9.12. The maximum absolute atomic E-state index is 9.49. The summed E-state index contributed by atoms with van der Waals surface area (Å²) in [7, 11) is 0. The van der Waals surface area contributed by atoms with E-state index in [1.54, 1.807) is 12.1 Å². The Balaban J connectivity index is 1.60. The van der Waals surface area contributed by atoms with E-state index in [1.807, 2.05) is 6.07 Å². The summed E-state index contributed by atoms with van der Waals surface area (Å²) in [6, 6.07) is 5.23. The van der Waals surface area contributed by atoms with Crippen molar-refractivity contribution in [2.75, 3.05) is 5.73 Å². The standard InChI is InChI=1S/C16H21NO2/c17-14-6-13(1-2-15(14)18)19-16-7-10-3-11(8-16)5-12(4-10)9-16/h1-2,6,10-12,18H,3-5,7-9,17H2. The van der Waals surface area contributed by atoms with E-state index >= 15 is 0 Å². The van der Waals surface area contributed by atoms with Crippen molar-refractivity contribution in [2.45, 2.75) is 44.1 Å². The molecule has 4 fully saturated rings. The molecule has 0 spiro atoms. The number of ether oxygens (including phenoxy) is 1. The summed E-state index contributed by atoms with van der Waals surface area (Å²) in [5.41, 5.74) is 6.22. The minimum Gasteiger partial charge on any atom is -0.506 e. The average Bonchev–Trinajstić information content (AvgIpc) is 2.31. The molecular weight excluding hydrogens is 238 g/mol. The van der Waals surface area contributed by atoms with Crippen molar-refractivity contribution in [3.63, 3.8) is 0 Å². The summed E-state index contributed by atoms with van der Waals surface area (Å²) in [5.74, 6) is 3.58. The zero-order valence-electron chi connectivity index (χ0n) is 11.1. The van der Waals surface area contributed by atoms with Crippen LogP contribution in [0.4, 0.5) is 5.69 Å². The number of phenols is 1. The Morgan fingerprint density at radius 2 is 1.63 bits per heavy atom. The van der Waals surface area contributed by atoms with Gasteiger partial charge in [-0.15, -0.1) is 0 Å². The molecular formula is C16H21NO2. The molecule has 0 radical (unpaired) electrons. The third-order valence-electron chi connectivity index (χ3n) is 5.32. The highest BCUT2D eigenvalue weighted by molar-refractivity contribution is 5.55. The van der Waals surface area contributed by atoms with Gasteiger partial charge in [0.25, 0.3) is 0 Å². The minimum absolute atomic E-state index is 0.0537. The van der Waals surface area contributed by atoms with Crippen molar-refractivity contribution in [3.05, 3.63) is 18.2 Å². The first-order valence-corrected chi connectivity index (χ1v) is 7.39. The number of anilines is 1. The van der Waals surface area contributed by atoms with E-state index in [2.05, 4.69) is 0 Å². The van der Waals surface area contributed by atoms with Gasteiger partial charge in [-0.1, -0.05) is 0 Å². The second-order valence-corrected chi connectivity index (χ2v) is 6.92. The van der Waals surface area contributed by atoms with Crippen LogP contribution in [0.1, 0.15) is 38.5 Å². The first-order valence-electron chi connectivity index (χ1n) is 7.39. The molecule has 3 nitrogen and oxygen atoms in total. The van der Waals surface area contributed by atoms with Crippen LogP contribution in [0, 0.1) is 17.8 Å². The number of rotatable bonds is 2. The summed E-state index contributed by atoms with van der Waals surface area (Å²) in [5, 5.41) is 9.49. The lowest BCUT2D eigenvalue weighted by Crippen LogP contribution is -2.53. The molecule has 4 bridgehead atoms. The van der Waals surface area contributed by atoms with Crippen molar-refractivity contribution in [3.8, 4) is 11.5 Å². The molecule has 4 saturated carbocycles. The topological polar surface area (TPSA) is 55.5 Å². The lowest BCUT2D eigenvalue weighted by atomic mass is 9.54. The number of hydrogen-bond donors (Lipinski definition) is 2. The number of benzene rings is 1. The Labute approximate surface area is 113 Å². The van der Waals surface area contributed by atoms with Crippen LogP contribution in [0.5, 0.6) is 11.5 Å². The molecule has 0 heterocycles. The van der Waals surface area contributed by atoms with Gasteiger partial charge in [0.1, 0.15) is 17.1 Å². The van der Waals surface area contributed by atoms with E-state index in [1.165, 1.54) is 38.5 Å². The SMILES string of the molecule is Nc1cc(OC23CC4CC(CC(C4)C2)C3)ccc1O. The Morgan fingerprint density at radius 3 is 2.16 bits per heavy atom. The Morgan fingerprint density at radius 1 is 1.05 bits per heavy atom. The predicted octanol–water partition coefficient (Wildman–Crippen LogP) is 3.32. The molecule has 0 atom stereocenters. The third kappa shape index (κ3) is 1.87. The summed E-state index contributed by atoms with van der Waals surface area (Å²) in [6.45, 7) is 0. The molecule has 5 rings (SSSR count). The van der Waals surface area contributed by atoms with E-state index in [-0.39, 0.29) is 11.4 Å². The molecule has 0 saturated heterocycles. The van der Waals surface area contributed by atoms with Gasteiger partial charge in [-0.05, 0) is 68.4 Å². The zero-order chi connectivity index (χ0) is 13.0. The quantitative estimate of drug-likeness (QED) is 0.632. The smallest absolute Gasteiger partial charge is 0.138 e. The molecule has 4 aliphatic rings. The summed E-state index contributed by atoms with van der Waals surface area (Å²) in [6.07, 6.45) is 7.88. The highest BCUT2D eigenvalue weighted by Gasteiger charge is 2.52. The molecule has 3 N–H and O–H groups in total. The van der Waals surface area contributed by atoms with E-state index < -0.39 is 0 Å². The van der Waals surface area contributed by atoms with Gasteiger partial charge in [0, 0.05) is 6.07 Å². The Kier molecular flexibility index (Phi) is 2.30. The molecule has 102 valence electrons. The second kappa shape index (κ2) is 3.81. The minimum atomic E-state index is 0.0537. The molecule has 0 aliphatic heterocycles. The van der Waals surface area contributed by atoms with Gasteiger partial charge in [-0.25, -0.2) is 0 Å². The maximum atomic E-state index is 9.49. The largest absolute Gasteiger partial charge is 0.506 e. The summed E-state index contributed by atoms with van der Waals surface area (Å²) in [4.78, 5) is 0. The van der Waals surface area contributed by atoms with Crippen molar-refractivity contribution < 1.29 is 9.84 Å². The molecule has 0 amide bonds. The van der Waals surface area contributed by atoms with Crippen molar-refractivity contribution in [1.82, 2.24) is 0 Å². The van der Waals surface area contributed by atoms with Gasteiger partial charge in [0.05, 0.1) is 5.69 Å². The van der Waals surface area contributed by atoms with Crippen LogP contribution >= 0.6 is 0 Å². The maximum Gasteiger partial charge on any atom is 0.138 e. The molecule has 4 aliphatic carbocycles. The van der Waals surface area contributed by atoms with Gasteiger partial charge < -0.3 is 15.6 Å². The fraction of sp³-hybridized carbons (Fsp3) is 0.625. The van der Waals surface area contributed by atoms with E-state index in [9.17, 15) is 5.11 Å². The molecule has 0 unspecified atom stereocenters. The van der Waals surface area contributed by atoms with Crippen molar-refractivity contribution in [2.24, 2.45) is 17.8 Å².